The summed E-state index contributed by atoms with van der Waals surface area (Å²) in [6, 6.07) is 9.63. The van der Waals surface area contributed by atoms with Crippen molar-refractivity contribution in [2.75, 3.05) is 45.9 Å². The summed E-state index contributed by atoms with van der Waals surface area (Å²) >= 11 is 5.90. The molecule has 0 aliphatic carbocycles. The van der Waals surface area contributed by atoms with Crippen LogP contribution in [0.5, 0.6) is 0 Å². The molecule has 3 aromatic rings. The Labute approximate surface area is 231 Å². The molecule has 0 amide bonds. The molecule has 208 valence electrons. The molecule has 3 atom stereocenters. The number of hydrogen-bond acceptors (Lipinski definition) is 7. The third kappa shape index (κ3) is 5.54. The lowest BCUT2D eigenvalue weighted by Crippen LogP contribution is -2.48. The standard InChI is InChI=1S/C28H32ClFN4O5/c1-28(22-4-3-19(29)13-23(22)30)38-17-21(39-28)14-32-7-9-33(10-8-32)16-26-31-24-5-2-18(27(35)36)12-25(24)34(26)15-20-6-11-37-20/h2-5,12-13,20-21H,6-11,14-17H2,1H3,(H,35,36)/t20-,21?,28?/m0/s1. The first-order chi connectivity index (χ1) is 18.8. The first-order valence-electron chi connectivity index (χ1n) is 13.3. The molecule has 0 spiro atoms. The van der Waals surface area contributed by atoms with E-state index in [2.05, 4.69) is 14.4 Å². The fourth-order valence-electron chi connectivity index (χ4n) is 5.61. The van der Waals surface area contributed by atoms with Gasteiger partial charge in [-0.3, -0.25) is 9.80 Å². The molecule has 3 aliphatic rings. The van der Waals surface area contributed by atoms with Crippen LogP contribution in [-0.4, -0.2) is 88.6 Å². The molecule has 1 aromatic heterocycles. The van der Waals surface area contributed by atoms with Gasteiger partial charge in [0.25, 0.3) is 0 Å². The topological polar surface area (TPSA) is 89.3 Å². The van der Waals surface area contributed by atoms with E-state index >= 15 is 0 Å². The molecular weight excluding hydrogens is 527 g/mol. The molecule has 11 heteroatoms. The molecular formula is C28H32ClFN4O5. The van der Waals surface area contributed by atoms with E-state index in [1.165, 1.54) is 6.07 Å². The minimum absolute atomic E-state index is 0.132. The third-order valence-electron chi connectivity index (χ3n) is 7.90. The van der Waals surface area contributed by atoms with Gasteiger partial charge in [-0.25, -0.2) is 14.2 Å². The lowest BCUT2D eigenvalue weighted by atomic mass is 10.1. The minimum atomic E-state index is -1.13. The molecule has 3 aliphatic heterocycles. The maximum Gasteiger partial charge on any atom is 0.335 e. The van der Waals surface area contributed by atoms with Crippen LogP contribution >= 0.6 is 11.6 Å². The predicted octanol–water partition coefficient (Wildman–Crippen LogP) is 3.72. The van der Waals surface area contributed by atoms with Gasteiger partial charge in [-0.2, -0.15) is 0 Å². The molecule has 2 aromatic carbocycles. The number of imidazole rings is 1. The number of carbonyl (C=O) groups is 1. The van der Waals surface area contributed by atoms with Crippen molar-refractivity contribution >= 4 is 28.6 Å². The van der Waals surface area contributed by atoms with E-state index in [0.717, 1.165) is 56.1 Å². The second-order valence-corrected chi connectivity index (χ2v) is 11.1. The molecule has 0 saturated carbocycles. The third-order valence-corrected chi connectivity index (χ3v) is 8.14. The van der Waals surface area contributed by atoms with Gasteiger partial charge in [0.05, 0.1) is 48.5 Å². The second kappa shape index (κ2) is 10.8. The molecule has 0 radical (unpaired) electrons. The van der Waals surface area contributed by atoms with Crippen LogP contribution in [0.25, 0.3) is 11.0 Å². The van der Waals surface area contributed by atoms with E-state index in [0.29, 0.717) is 36.8 Å². The Hall–Kier alpha value is -2.60. The van der Waals surface area contributed by atoms with E-state index in [1.807, 2.05) is 0 Å². The van der Waals surface area contributed by atoms with E-state index in [1.54, 1.807) is 37.3 Å². The van der Waals surface area contributed by atoms with E-state index in [4.69, 9.17) is 30.8 Å². The Morgan fingerprint density at radius 3 is 2.59 bits per heavy atom. The average Bonchev–Trinajstić information content (AvgIpc) is 3.42. The van der Waals surface area contributed by atoms with Crippen molar-refractivity contribution < 1.29 is 28.5 Å². The quantitative estimate of drug-likeness (QED) is 0.447. The molecule has 1 N–H and O–H groups in total. The Bertz CT molecular complexity index is 1370. The van der Waals surface area contributed by atoms with Crippen LogP contribution in [0.3, 0.4) is 0 Å². The fraction of sp³-hybridized carbons (Fsp3) is 0.500. The number of carboxylic acids is 1. The van der Waals surface area contributed by atoms with E-state index < -0.39 is 17.6 Å². The number of nitrogens with zero attached hydrogens (tertiary/aromatic N) is 4. The maximum atomic E-state index is 14.5. The molecule has 39 heavy (non-hydrogen) atoms. The highest BCUT2D eigenvalue weighted by Crippen LogP contribution is 2.36. The summed E-state index contributed by atoms with van der Waals surface area (Å²) in [5, 5.41) is 9.81. The summed E-state index contributed by atoms with van der Waals surface area (Å²) in [7, 11) is 0. The number of piperazine rings is 1. The highest BCUT2D eigenvalue weighted by molar-refractivity contribution is 6.30. The number of aromatic nitrogens is 2. The monoisotopic (exact) mass is 558 g/mol. The molecule has 6 rings (SSSR count). The normalized spacial score (nSPS) is 26.2. The van der Waals surface area contributed by atoms with Crippen LogP contribution in [0, 0.1) is 5.82 Å². The van der Waals surface area contributed by atoms with Crippen molar-refractivity contribution in [3.05, 3.63) is 64.2 Å². The van der Waals surface area contributed by atoms with Gasteiger partial charge >= 0.3 is 5.97 Å². The number of carboxylic acid groups (broad SMARTS) is 1. The Kier molecular flexibility index (Phi) is 7.34. The molecule has 0 bridgehead atoms. The zero-order valence-electron chi connectivity index (χ0n) is 21.8. The van der Waals surface area contributed by atoms with Gasteiger partial charge in [0.1, 0.15) is 11.6 Å². The van der Waals surface area contributed by atoms with Crippen LogP contribution in [0.4, 0.5) is 4.39 Å². The maximum absolute atomic E-state index is 14.5. The van der Waals surface area contributed by atoms with Crippen molar-refractivity contribution in [2.45, 2.75) is 44.4 Å². The van der Waals surface area contributed by atoms with Crippen LogP contribution in [0.2, 0.25) is 5.02 Å². The van der Waals surface area contributed by atoms with Gasteiger partial charge in [-0.1, -0.05) is 11.6 Å². The zero-order valence-corrected chi connectivity index (χ0v) is 22.6. The highest BCUT2D eigenvalue weighted by atomic mass is 35.5. The smallest absolute Gasteiger partial charge is 0.335 e. The van der Waals surface area contributed by atoms with E-state index in [9.17, 15) is 14.3 Å². The summed E-state index contributed by atoms with van der Waals surface area (Å²) in [5.41, 5.74) is 2.24. The average molecular weight is 559 g/mol. The first-order valence-corrected chi connectivity index (χ1v) is 13.7. The van der Waals surface area contributed by atoms with Gasteiger partial charge in [0, 0.05) is 49.9 Å². The van der Waals surface area contributed by atoms with Gasteiger partial charge in [-0.05, 0) is 49.7 Å². The summed E-state index contributed by atoms with van der Waals surface area (Å²) < 4.78 is 34.4. The van der Waals surface area contributed by atoms with Crippen LogP contribution < -0.4 is 0 Å². The zero-order chi connectivity index (χ0) is 27.1. The van der Waals surface area contributed by atoms with Crippen molar-refractivity contribution in [1.29, 1.82) is 0 Å². The Morgan fingerprint density at radius 1 is 1.13 bits per heavy atom. The summed E-state index contributed by atoms with van der Waals surface area (Å²) in [6.07, 6.45) is 0.964. The lowest BCUT2D eigenvalue weighted by molar-refractivity contribution is -0.165. The lowest BCUT2D eigenvalue weighted by Gasteiger charge is -2.36. The molecule has 3 fully saturated rings. The number of benzene rings is 2. The van der Waals surface area contributed by atoms with Crippen molar-refractivity contribution in [1.82, 2.24) is 19.4 Å². The van der Waals surface area contributed by atoms with Gasteiger partial charge < -0.3 is 23.9 Å². The molecule has 4 heterocycles. The minimum Gasteiger partial charge on any atom is -0.478 e. The fourth-order valence-corrected chi connectivity index (χ4v) is 5.77. The van der Waals surface area contributed by atoms with Gasteiger partial charge in [0.2, 0.25) is 0 Å². The number of ether oxygens (including phenoxy) is 3. The first kappa shape index (κ1) is 26.6. The number of fused-ring (bicyclic) bond motifs is 1. The molecule has 2 unspecified atom stereocenters. The summed E-state index contributed by atoms with van der Waals surface area (Å²) in [6.45, 7) is 8.40. The van der Waals surface area contributed by atoms with Gasteiger partial charge in [-0.15, -0.1) is 0 Å². The number of halogens is 2. The number of aromatic carboxylic acids is 1. The highest BCUT2D eigenvalue weighted by Gasteiger charge is 2.41. The van der Waals surface area contributed by atoms with Crippen LogP contribution in [-0.2, 0) is 33.1 Å². The SMILES string of the molecule is CC1(c2ccc(Cl)cc2F)OCC(CN2CCN(Cc3nc4ccc(C(=O)O)cc4n3C[C@@H]3CCO3)CC2)O1. The number of rotatable bonds is 8. The van der Waals surface area contributed by atoms with Gasteiger partial charge in [0.15, 0.2) is 5.79 Å². The molecule has 9 nitrogen and oxygen atoms in total. The Balaban J connectivity index is 1.08. The van der Waals surface area contributed by atoms with Crippen LogP contribution in [0.15, 0.2) is 36.4 Å². The predicted molar refractivity (Wildman–Crippen MR) is 142 cm³/mol. The second-order valence-electron chi connectivity index (χ2n) is 10.6. The number of hydrogen-bond donors (Lipinski definition) is 1. The van der Waals surface area contributed by atoms with Crippen molar-refractivity contribution in [3.63, 3.8) is 0 Å². The largest absolute Gasteiger partial charge is 0.478 e. The Morgan fingerprint density at radius 2 is 1.90 bits per heavy atom. The van der Waals surface area contributed by atoms with Crippen molar-refractivity contribution in [3.8, 4) is 0 Å². The van der Waals surface area contributed by atoms with Crippen molar-refractivity contribution in [2.24, 2.45) is 0 Å². The summed E-state index contributed by atoms with van der Waals surface area (Å²) in [5.74, 6) is -1.60. The summed E-state index contributed by atoms with van der Waals surface area (Å²) in [4.78, 5) is 21.1. The molecule has 3 saturated heterocycles. The van der Waals surface area contributed by atoms with E-state index in [-0.39, 0.29) is 17.8 Å². The van der Waals surface area contributed by atoms with Crippen LogP contribution in [0.1, 0.15) is 35.1 Å².